The summed E-state index contributed by atoms with van der Waals surface area (Å²) in [5.41, 5.74) is 0. The van der Waals surface area contributed by atoms with Crippen LogP contribution in [0.15, 0.2) is 0 Å². The molecule has 60 valence electrons. The SMILES string of the molecule is CCCNC1OC1N(C)C. The van der Waals surface area contributed by atoms with Crippen molar-refractivity contribution >= 4 is 0 Å². The first-order chi connectivity index (χ1) is 4.75. The molecule has 1 N–H and O–H groups in total. The fraction of sp³-hybridized carbons (Fsp3) is 1.00. The van der Waals surface area contributed by atoms with Gasteiger partial charge in [-0.05, 0) is 27.1 Å². The summed E-state index contributed by atoms with van der Waals surface area (Å²) in [5.74, 6) is 0. The van der Waals surface area contributed by atoms with Crippen LogP contribution in [0, 0.1) is 0 Å². The van der Waals surface area contributed by atoms with Crippen LogP contribution >= 0.6 is 0 Å². The monoisotopic (exact) mass is 144 g/mol. The second-order valence-corrected chi connectivity index (χ2v) is 2.86. The van der Waals surface area contributed by atoms with Crippen molar-refractivity contribution in [1.82, 2.24) is 10.2 Å². The summed E-state index contributed by atoms with van der Waals surface area (Å²) in [6.07, 6.45) is 1.77. The molecule has 0 saturated carbocycles. The Balaban J connectivity index is 2.02. The molecule has 2 unspecified atom stereocenters. The second kappa shape index (κ2) is 3.32. The first kappa shape index (κ1) is 7.98. The molecule has 1 heterocycles. The minimum Gasteiger partial charge on any atom is -0.337 e. The van der Waals surface area contributed by atoms with E-state index in [9.17, 15) is 0 Å². The van der Waals surface area contributed by atoms with Crippen molar-refractivity contribution < 1.29 is 4.74 Å². The van der Waals surface area contributed by atoms with Crippen molar-refractivity contribution in [3.63, 3.8) is 0 Å². The van der Waals surface area contributed by atoms with Crippen LogP contribution in [0.5, 0.6) is 0 Å². The summed E-state index contributed by atoms with van der Waals surface area (Å²) in [4.78, 5) is 2.08. The maximum absolute atomic E-state index is 5.30. The molecule has 0 spiro atoms. The topological polar surface area (TPSA) is 27.8 Å². The van der Waals surface area contributed by atoms with Crippen molar-refractivity contribution in [2.75, 3.05) is 20.6 Å². The summed E-state index contributed by atoms with van der Waals surface area (Å²) in [5, 5.41) is 3.27. The Kier molecular flexibility index (Phi) is 2.65. The van der Waals surface area contributed by atoms with Gasteiger partial charge in [-0.3, -0.25) is 10.2 Å². The maximum Gasteiger partial charge on any atom is 0.152 e. The fourth-order valence-corrected chi connectivity index (χ4v) is 0.933. The highest BCUT2D eigenvalue weighted by Crippen LogP contribution is 2.20. The van der Waals surface area contributed by atoms with E-state index < -0.39 is 0 Å². The molecule has 0 radical (unpaired) electrons. The summed E-state index contributed by atoms with van der Waals surface area (Å²) in [6, 6.07) is 0. The molecule has 0 aromatic rings. The van der Waals surface area contributed by atoms with E-state index in [0.29, 0.717) is 6.23 Å². The average molecular weight is 144 g/mol. The molecule has 1 rings (SSSR count). The van der Waals surface area contributed by atoms with E-state index in [1.54, 1.807) is 0 Å². The minimum atomic E-state index is 0.287. The van der Waals surface area contributed by atoms with Gasteiger partial charge in [-0.1, -0.05) is 6.92 Å². The van der Waals surface area contributed by atoms with Gasteiger partial charge in [-0.25, -0.2) is 0 Å². The first-order valence-electron chi connectivity index (χ1n) is 3.81. The number of rotatable bonds is 4. The van der Waals surface area contributed by atoms with E-state index in [1.807, 2.05) is 14.1 Å². The Labute approximate surface area is 62.3 Å². The normalized spacial score (nSPS) is 31.2. The molecule has 10 heavy (non-hydrogen) atoms. The van der Waals surface area contributed by atoms with Gasteiger partial charge in [0, 0.05) is 0 Å². The Morgan fingerprint density at radius 3 is 2.60 bits per heavy atom. The predicted molar refractivity (Wildman–Crippen MR) is 40.6 cm³/mol. The van der Waals surface area contributed by atoms with E-state index in [-0.39, 0.29) is 6.23 Å². The quantitative estimate of drug-likeness (QED) is 0.572. The molecular weight excluding hydrogens is 128 g/mol. The minimum absolute atomic E-state index is 0.287. The van der Waals surface area contributed by atoms with Crippen molar-refractivity contribution in [3.8, 4) is 0 Å². The molecule has 0 amide bonds. The summed E-state index contributed by atoms with van der Waals surface area (Å²) >= 11 is 0. The summed E-state index contributed by atoms with van der Waals surface area (Å²) < 4.78 is 5.30. The van der Waals surface area contributed by atoms with Gasteiger partial charge in [-0.15, -0.1) is 0 Å². The van der Waals surface area contributed by atoms with Crippen LogP contribution in [0.1, 0.15) is 13.3 Å². The van der Waals surface area contributed by atoms with Gasteiger partial charge in [0.15, 0.2) is 12.5 Å². The number of ether oxygens (including phenoxy) is 1. The zero-order chi connectivity index (χ0) is 7.56. The smallest absolute Gasteiger partial charge is 0.152 e. The van der Waals surface area contributed by atoms with Gasteiger partial charge in [0.05, 0.1) is 0 Å². The maximum atomic E-state index is 5.30. The van der Waals surface area contributed by atoms with Crippen molar-refractivity contribution in [2.45, 2.75) is 25.8 Å². The van der Waals surface area contributed by atoms with Gasteiger partial charge >= 0.3 is 0 Å². The lowest BCUT2D eigenvalue weighted by Gasteiger charge is -2.03. The van der Waals surface area contributed by atoms with Crippen LogP contribution < -0.4 is 5.32 Å². The highest BCUT2D eigenvalue weighted by Gasteiger charge is 2.39. The van der Waals surface area contributed by atoms with Crippen LogP contribution in [0.2, 0.25) is 0 Å². The number of epoxide rings is 1. The second-order valence-electron chi connectivity index (χ2n) is 2.86. The molecule has 0 aromatic heterocycles. The van der Waals surface area contributed by atoms with E-state index >= 15 is 0 Å². The molecule has 1 aliphatic heterocycles. The van der Waals surface area contributed by atoms with Crippen molar-refractivity contribution in [3.05, 3.63) is 0 Å². The van der Waals surface area contributed by atoms with Crippen LogP contribution in [0.25, 0.3) is 0 Å². The number of nitrogens with one attached hydrogen (secondary N) is 1. The molecule has 1 aliphatic rings. The summed E-state index contributed by atoms with van der Waals surface area (Å²) in [7, 11) is 4.05. The largest absolute Gasteiger partial charge is 0.337 e. The summed E-state index contributed by atoms with van der Waals surface area (Å²) in [6.45, 7) is 3.20. The van der Waals surface area contributed by atoms with Crippen LogP contribution in [0.3, 0.4) is 0 Å². The van der Waals surface area contributed by atoms with Gasteiger partial charge in [0.25, 0.3) is 0 Å². The van der Waals surface area contributed by atoms with E-state index in [1.165, 1.54) is 6.42 Å². The third-order valence-corrected chi connectivity index (χ3v) is 1.57. The van der Waals surface area contributed by atoms with Crippen LogP contribution in [-0.4, -0.2) is 38.0 Å². The third-order valence-electron chi connectivity index (χ3n) is 1.57. The number of hydrogen-bond donors (Lipinski definition) is 1. The van der Waals surface area contributed by atoms with Gasteiger partial charge < -0.3 is 4.74 Å². The molecule has 2 atom stereocenters. The molecule has 0 bridgehead atoms. The molecule has 3 heteroatoms. The number of nitrogens with zero attached hydrogens (tertiary/aromatic N) is 1. The van der Waals surface area contributed by atoms with E-state index in [0.717, 1.165) is 6.54 Å². The Morgan fingerprint density at radius 2 is 2.20 bits per heavy atom. The first-order valence-corrected chi connectivity index (χ1v) is 3.81. The Morgan fingerprint density at radius 1 is 1.50 bits per heavy atom. The fourth-order valence-electron chi connectivity index (χ4n) is 0.933. The zero-order valence-corrected chi connectivity index (χ0v) is 6.92. The third kappa shape index (κ3) is 1.94. The lowest BCUT2D eigenvalue weighted by Crippen LogP contribution is -2.26. The predicted octanol–water partition coefficient (Wildman–Crippen LogP) is 0.230. The Bertz CT molecular complexity index is 106. The zero-order valence-electron chi connectivity index (χ0n) is 6.92. The molecular formula is C7H16N2O. The molecule has 0 aromatic carbocycles. The Hall–Kier alpha value is -0.120. The molecule has 3 nitrogen and oxygen atoms in total. The highest BCUT2D eigenvalue weighted by molar-refractivity contribution is 4.79. The lowest BCUT2D eigenvalue weighted by molar-refractivity contribution is 0.242. The average Bonchev–Trinajstić information content (AvgIpc) is 2.62. The molecule has 1 saturated heterocycles. The number of likely N-dealkylation sites (N-methyl/N-ethyl adjacent to an activating group) is 1. The molecule has 1 fully saturated rings. The van der Waals surface area contributed by atoms with E-state index in [2.05, 4.69) is 17.1 Å². The van der Waals surface area contributed by atoms with Gasteiger partial charge in [0.2, 0.25) is 0 Å². The highest BCUT2D eigenvalue weighted by atomic mass is 16.6. The van der Waals surface area contributed by atoms with Crippen LogP contribution in [-0.2, 0) is 4.74 Å². The van der Waals surface area contributed by atoms with Crippen molar-refractivity contribution in [2.24, 2.45) is 0 Å². The number of hydrogen-bond acceptors (Lipinski definition) is 3. The van der Waals surface area contributed by atoms with E-state index in [4.69, 9.17) is 4.74 Å². The van der Waals surface area contributed by atoms with Gasteiger partial charge in [-0.2, -0.15) is 0 Å². The lowest BCUT2D eigenvalue weighted by atomic mass is 10.4. The van der Waals surface area contributed by atoms with Crippen molar-refractivity contribution in [1.29, 1.82) is 0 Å². The van der Waals surface area contributed by atoms with Gasteiger partial charge in [0.1, 0.15) is 0 Å². The van der Waals surface area contributed by atoms with Crippen LogP contribution in [0.4, 0.5) is 0 Å². The standard InChI is InChI=1S/C7H16N2O/c1-4-5-8-6-7(10-6)9(2)3/h6-8H,4-5H2,1-3H3. The molecule has 0 aliphatic carbocycles.